The Morgan fingerprint density at radius 1 is 0.800 bits per heavy atom. The zero-order valence-electron chi connectivity index (χ0n) is 19.5. The highest BCUT2D eigenvalue weighted by molar-refractivity contribution is 5.91. The lowest BCUT2D eigenvalue weighted by molar-refractivity contribution is 0.0726. The van der Waals surface area contributed by atoms with Crippen molar-refractivity contribution in [2.45, 2.75) is 45.4 Å². The van der Waals surface area contributed by atoms with Crippen molar-refractivity contribution in [3.8, 4) is 22.6 Å². The molecule has 0 radical (unpaired) electrons. The fraction of sp³-hybridized carbons (Fsp3) is 0.321. The molecule has 3 aromatic carbocycles. The van der Waals surface area contributed by atoms with Gasteiger partial charge < -0.3 is 9.47 Å². The lowest BCUT2D eigenvalue weighted by Crippen LogP contribution is -2.14. The highest BCUT2D eigenvalue weighted by Gasteiger charge is 2.26. The van der Waals surface area contributed by atoms with Crippen LogP contribution in [0.2, 0.25) is 0 Å². The van der Waals surface area contributed by atoms with Crippen LogP contribution in [0.1, 0.15) is 61.4 Å². The number of ether oxygens (including phenoxy) is 2. The molecule has 1 fully saturated rings. The molecule has 0 unspecified atom stereocenters. The van der Waals surface area contributed by atoms with Gasteiger partial charge in [0.25, 0.3) is 0 Å². The maximum absolute atomic E-state index is 14.7. The van der Waals surface area contributed by atoms with Gasteiger partial charge in [-0.2, -0.15) is 8.78 Å². The van der Waals surface area contributed by atoms with E-state index in [4.69, 9.17) is 9.47 Å². The fourth-order valence-electron chi connectivity index (χ4n) is 4.48. The zero-order valence-corrected chi connectivity index (χ0v) is 19.5. The molecule has 0 spiro atoms. The second kappa shape index (κ2) is 10.5. The van der Waals surface area contributed by atoms with Gasteiger partial charge in [0.05, 0.1) is 12.2 Å². The van der Waals surface area contributed by atoms with Gasteiger partial charge in [-0.25, -0.2) is 13.6 Å². The summed E-state index contributed by atoms with van der Waals surface area (Å²) in [6, 6.07) is 11.0. The summed E-state index contributed by atoms with van der Waals surface area (Å²) in [4.78, 5) is 12.5. The van der Waals surface area contributed by atoms with Crippen LogP contribution in [-0.2, 0) is 0 Å². The van der Waals surface area contributed by atoms with Gasteiger partial charge in [0.2, 0.25) is 11.6 Å². The molecule has 7 heteroatoms. The largest absolute Gasteiger partial charge is 0.491 e. The smallest absolute Gasteiger partial charge is 0.343 e. The molecular weight excluding hydrogens is 460 g/mol. The summed E-state index contributed by atoms with van der Waals surface area (Å²) in [6.45, 7) is 4.00. The van der Waals surface area contributed by atoms with E-state index in [2.05, 4.69) is 6.92 Å². The van der Waals surface area contributed by atoms with Gasteiger partial charge in [0, 0.05) is 5.56 Å². The van der Waals surface area contributed by atoms with E-state index in [1.54, 1.807) is 6.92 Å². The maximum atomic E-state index is 14.7. The van der Waals surface area contributed by atoms with E-state index in [1.807, 2.05) is 0 Å². The Kier molecular flexibility index (Phi) is 7.43. The van der Waals surface area contributed by atoms with E-state index >= 15 is 0 Å². The van der Waals surface area contributed by atoms with Crippen molar-refractivity contribution in [1.29, 1.82) is 0 Å². The predicted molar refractivity (Wildman–Crippen MR) is 125 cm³/mol. The Morgan fingerprint density at radius 2 is 1.43 bits per heavy atom. The summed E-state index contributed by atoms with van der Waals surface area (Å²) in [6.07, 6.45) is 3.51. The van der Waals surface area contributed by atoms with Crippen LogP contribution < -0.4 is 9.47 Å². The number of carbonyl (C=O) groups excluding carboxylic acids is 1. The highest BCUT2D eigenvalue weighted by Crippen LogP contribution is 2.38. The molecule has 1 aliphatic rings. The first-order valence-corrected chi connectivity index (χ1v) is 11.7. The first-order valence-electron chi connectivity index (χ1n) is 11.7. The molecule has 184 valence electrons. The van der Waals surface area contributed by atoms with Crippen molar-refractivity contribution in [1.82, 2.24) is 0 Å². The van der Waals surface area contributed by atoms with Crippen molar-refractivity contribution < 1.29 is 31.8 Å². The summed E-state index contributed by atoms with van der Waals surface area (Å²) in [5, 5.41) is 0. The lowest BCUT2D eigenvalue weighted by Gasteiger charge is -2.27. The van der Waals surface area contributed by atoms with Gasteiger partial charge >= 0.3 is 5.97 Å². The molecule has 0 heterocycles. The van der Waals surface area contributed by atoms with E-state index in [9.17, 15) is 22.4 Å². The lowest BCUT2D eigenvalue weighted by atomic mass is 9.79. The third-order valence-corrected chi connectivity index (χ3v) is 6.51. The number of hydrogen-bond donors (Lipinski definition) is 0. The predicted octanol–water partition coefficient (Wildman–Crippen LogP) is 7.82. The summed E-state index contributed by atoms with van der Waals surface area (Å²) >= 11 is 0. The van der Waals surface area contributed by atoms with Crippen molar-refractivity contribution in [3.63, 3.8) is 0 Å². The van der Waals surface area contributed by atoms with E-state index in [-0.39, 0.29) is 29.4 Å². The Balaban J connectivity index is 1.49. The van der Waals surface area contributed by atoms with Crippen LogP contribution in [0.5, 0.6) is 11.5 Å². The van der Waals surface area contributed by atoms with Crippen molar-refractivity contribution in [2.75, 3.05) is 6.61 Å². The minimum atomic E-state index is -1.20. The number of hydrogen-bond acceptors (Lipinski definition) is 3. The molecule has 4 rings (SSSR count). The van der Waals surface area contributed by atoms with E-state index in [1.165, 1.54) is 48.5 Å². The van der Waals surface area contributed by atoms with Gasteiger partial charge in [0.15, 0.2) is 23.1 Å². The van der Waals surface area contributed by atoms with Gasteiger partial charge in [-0.15, -0.1) is 0 Å². The summed E-state index contributed by atoms with van der Waals surface area (Å²) in [7, 11) is 0. The SMILES string of the molecule is CCOc1ccc(-c2ccc(C(=O)Oc3ccc(C4CCC(C)CC4)c(F)c3F)cc2)c(F)c1F. The van der Waals surface area contributed by atoms with Crippen LogP contribution in [0.25, 0.3) is 11.1 Å². The standard InChI is InChI=1S/C28H26F4O3/c1-3-34-22-14-12-20(24(29)26(22)31)18-8-10-19(11-9-18)28(33)35-23-15-13-21(25(30)27(23)32)17-6-4-16(2)5-7-17/h8-17H,3-7H2,1-2H3. The number of esters is 1. The Hall–Kier alpha value is -3.35. The van der Waals surface area contributed by atoms with Crippen molar-refractivity contribution in [3.05, 3.63) is 82.9 Å². The average molecular weight is 487 g/mol. The van der Waals surface area contributed by atoms with Gasteiger partial charge in [-0.3, -0.25) is 0 Å². The number of halogens is 4. The summed E-state index contributed by atoms with van der Waals surface area (Å²) in [5.41, 5.74) is 0.671. The Morgan fingerprint density at radius 3 is 2.09 bits per heavy atom. The number of rotatable bonds is 6. The zero-order chi connectivity index (χ0) is 25.1. The molecule has 1 aliphatic carbocycles. The normalized spacial score (nSPS) is 17.8. The molecule has 0 aromatic heterocycles. The molecule has 0 saturated heterocycles. The monoisotopic (exact) mass is 486 g/mol. The molecule has 0 amide bonds. The first kappa shape index (κ1) is 24.8. The van der Waals surface area contributed by atoms with Crippen LogP contribution in [0, 0.1) is 29.2 Å². The van der Waals surface area contributed by atoms with Crippen LogP contribution in [0.4, 0.5) is 17.6 Å². The number of carbonyl (C=O) groups is 1. The molecule has 3 nitrogen and oxygen atoms in total. The Labute approximate surface area is 201 Å². The van der Waals surface area contributed by atoms with Crippen LogP contribution in [-0.4, -0.2) is 12.6 Å². The average Bonchev–Trinajstić information content (AvgIpc) is 2.86. The second-order valence-electron chi connectivity index (χ2n) is 8.88. The molecule has 35 heavy (non-hydrogen) atoms. The fourth-order valence-corrected chi connectivity index (χ4v) is 4.48. The van der Waals surface area contributed by atoms with Crippen LogP contribution in [0.15, 0.2) is 48.5 Å². The van der Waals surface area contributed by atoms with E-state index in [0.29, 0.717) is 17.0 Å². The van der Waals surface area contributed by atoms with Crippen LogP contribution >= 0.6 is 0 Å². The molecule has 3 aromatic rings. The quantitative estimate of drug-likeness (QED) is 0.202. The molecule has 0 atom stereocenters. The van der Waals surface area contributed by atoms with Crippen molar-refractivity contribution in [2.24, 2.45) is 5.92 Å². The van der Waals surface area contributed by atoms with Crippen LogP contribution in [0.3, 0.4) is 0 Å². The number of benzene rings is 3. The van der Waals surface area contributed by atoms with E-state index in [0.717, 1.165) is 25.7 Å². The highest BCUT2D eigenvalue weighted by atomic mass is 19.2. The van der Waals surface area contributed by atoms with Crippen molar-refractivity contribution >= 4 is 5.97 Å². The third-order valence-electron chi connectivity index (χ3n) is 6.51. The summed E-state index contributed by atoms with van der Waals surface area (Å²) in [5.74, 6) is -5.41. The molecule has 0 aliphatic heterocycles. The summed E-state index contributed by atoms with van der Waals surface area (Å²) < 4.78 is 68.2. The first-order chi connectivity index (χ1) is 16.8. The Bertz CT molecular complexity index is 1220. The minimum absolute atomic E-state index is 0.00770. The minimum Gasteiger partial charge on any atom is -0.491 e. The molecule has 1 saturated carbocycles. The molecular formula is C28H26F4O3. The van der Waals surface area contributed by atoms with E-state index < -0.39 is 35.0 Å². The molecule has 0 bridgehead atoms. The van der Waals surface area contributed by atoms with Gasteiger partial charge in [0.1, 0.15) is 0 Å². The third kappa shape index (κ3) is 5.19. The van der Waals surface area contributed by atoms with Gasteiger partial charge in [-0.05, 0) is 73.1 Å². The molecule has 0 N–H and O–H groups in total. The second-order valence-corrected chi connectivity index (χ2v) is 8.88. The van der Waals surface area contributed by atoms with Gasteiger partial charge in [-0.1, -0.05) is 38.0 Å². The maximum Gasteiger partial charge on any atom is 0.343 e. The topological polar surface area (TPSA) is 35.5 Å².